The third-order valence-electron chi connectivity index (χ3n) is 1.64. The number of nitro benzene ring substituents is 1. The van der Waals surface area contributed by atoms with Crippen molar-refractivity contribution in [2.24, 2.45) is 0 Å². The Morgan fingerprint density at radius 1 is 1.25 bits per heavy atom. The van der Waals surface area contributed by atoms with Gasteiger partial charge in [-0.1, -0.05) is 0 Å². The van der Waals surface area contributed by atoms with Gasteiger partial charge in [-0.05, 0) is 6.07 Å². The van der Waals surface area contributed by atoms with E-state index in [9.17, 15) is 31.2 Å². The molecule has 0 radical (unpaired) electrons. The predicted molar refractivity (Wildman–Crippen MR) is 46.7 cm³/mol. The van der Waals surface area contributed by atoms with Crippen LogP contribution in [0.4, 0.5) is 18.4 Å². The molecule has 0 aliphatic heterocycles. The minimum atomic E-state index is -5.03. The highest BCUT2D eigenvalue weighted by Crippen LogP contribution is 2.22. The molecule has 0 aromatic heterocycles. The van der Waals surface area contributed by atoms with E-state index >= 15 is 0 Å². The van der Waals surface area contributed by atoms with Gasteiger partial charge in [-0.2, -0.15) is 12.8 Å². The molecule has 0 aliphatic carbocycles. The summed E-state index contributed by atoms with van der Waals surface area (Å²) < 4.78 is 58.5. The zero-order chi connectivity index (χ0) is 12.5. The summed E-state index contributed by atoms with van der Waals surface area (Å²) in [5, 5.41) is 10.2. The molecule has 0 heterocycles. The molecule has 0 N–H and O–H groups in total. The monoisotopic (exact) mass is 255 g/mol. The molecule has 1 aromatic rings. The molecule has 16 heavy (non-hydrogen) atoms. The predicted octanol–water partition coefficient (Wildman–Crippen LogP) is 1.67. The summed E-state index contributed by atoms with van der Waals surface area (Å²) in [6, 6.07) is 0.487. The lowest BCUT2D eigenvalue weighted by molar-refractivity contribution is -0.387. The van der Waals surface area contributed by atoms with E-state index in [4.69, 9.17) is 0 Å². The van der Waals surface area contributed by atoms with Crippen LogP contribution in [0.25, 0.3) is 0 Å². The van der Waals surface area contributed by atoms with E-state index in [-0.39, 0.29) is 12.1 Å². The Morgan fingerprint density at radius 2 is 1.81 bits per heavy atom. The SMILES string of the molecule is O=[N+]([O-])c1cc(F)c(CS(=O)(=O)F)cc1F. The summed E-state index contributed by atoms with van der Waals surface area (Å²) in [5.41, 5.74) is -1.94. The molecule has 1 rings (SSSR count). The Hall–Kier alpha value is -1.64. The molecule has 88 valence electrons. The van der Waals surface area contributed by atoms with Crippen LogP contribution < -0.4 is 0 Å². The zero-order valence-corrected chi connectivity index (χ0v) is 8.30. The smallest absolute Gasteiger partial charge is 0.258 e. The molecule has 0 amide bonds. The summed E-state index contributed by atoms with van der Waals surface area (Å²) in [4.78, 5) is 9.00. The largest absolute Gasteiger partial charge is 0.307 e. The second-order valence-electron chi connectivity index (χ2n) is 2.84. The molecular formula is C7H4F3NO4S. The van der Waals surface area contributed by atoms with Crippen LogP contribution in [0.2, 0.25) is 0 Å². The van der Waals surface area contributed by atoms with Crippen molar-refractivity contribution in [3.8, 4) is 0 Å². The maximum Gasteiger partial charge on any atom is 0.307 e. The van der Waals surface area contributed by atoms with Crippen LogP contribution in [0, 0.1) is 21.7 Å². The van der Waals surface area contributed by atoms with E-state index < -0.39 is 43.8 Å². The average Bonchev–Trinajstić information content (AvgIpc) is 2.07. The number of nitro groups is 1. The van der Waals surface area contributed by atoms with Gasteiger partial charge in [0.15, 0.2) is 0 Å². The number of nitrogens with zero attached hydrogens (tertiary/aromatic N) is 1. The van der Waals surface area contributed by atoms with Crippen LogP contribution in [0.1, 0.15) is 5.56 Å². The molecule has 0 fully saturated rings. The van der Waals surface area contributed by atoms with Crippen LogP contribution in [-0.4, -0.2) is 13.3 Å². The number of halogens is 3. The average molecular weight is 255 g/mol. The maximum atomic E-state index is 13.0. The lowest BCUT2D eigenvalue weighted by Gasteiger charge is -2.00. The highest BCUT2D eigenvalue weighted by atomic mass is 32.3. The Balaban J connectivity index is 3.26. The van der Waals surface area contributed by atoms with Gasteiger partial charge in [0.25, 0.3) is 0 Å². The number of benzene rings is 1. The lowest BCUT2D eigenvalue weighted by atomic mass is 10.2. The van der Waals surface area contributed by atoms with E-state index in [1.54, 1.807) is 0 Å². The highest BCUT2D eigenvalue weighted by molar-refractivity contribution is 7.85. The summed E-state index contributed by atoms with van der Waals surface area (Å²) in [5.74, 6) is -4.15. The summed E-state index contributed by atoms with van der Waals surface area (Å²) in [6.07, 6.45) is 0. The van der Waals surface area contributed by atoms with Crippen LogP contribution in [0.3, 0.4) is 0 Å². The van der Waals surface area contributed by atoms with Gasteiger partial charge in [0.05, 0.1) is 11.0 Å². The Morgan fingerprint density at radius 3 is 2.25 bits per heavy atom. The van der Waals surface area contributed by atoms with Crippen molar-refractivity contribution in [1.82, 2.24) is 0 Å². The normalized spacial score (nSPS) is 11.4. The van der Waals surface area contributed by atoms with Crippen LogP contribution in [-0.2, 0) is 16.0 Å². The van der Waals surface area contributed by atoms with Gasteiger partial charge in [-0.15, -0.1) is 3.89 Å². The number of hydrogen-bond donors (Lipinski definition) is 0. The second-order valence-corrected chi connectivity index (χ2v) is 4.20. The molecule has 0 saturated carbocycles. The molecule has 9 heteroatoms. The molecule has 0 atom stereocenters. The van der Waals surface area contributed by atoms with Gasteiger partial charge >= 0.3 is 15.9 Å². The summed E-state index contributed by atoms with van der Waals surface area (Å²) in [6.45, 7) is 0. The molecule has 5 nitrogen and oxygen atoms in total. The van der Waals surface area contributed by atoms with Crippen LogP contribution >= 0.6 is 0 Å². The van der Waals surface area contributed by atoms with E-state index in [1.807, 2.05) is 0 Å². The zero-order valence-electron chi connectivity index (χ0n) is 7.48. The summed E-state index contributed by atoms with van der Waals surface area (Å²) >= 11 is 0. The first kappa shape index (κ1) is 12.4. The van der Waals surface area contributed by atoms with Gasteiger partial charge in [0.2, 0.25) is 5.82 Å². The van der Waals surface area contributed by atoms with E-state index in [0.717, 1.165) is 0 Å². The standard InChI is InChI=1S/C7H4F3NO4S/c8-5-2-7(11(12)13)6(9)1-4(5)3-16(10,14)15/h1-2H,3H2. The molecule has 0 bridgehead atoms. The van der Waals surface area contributed by atoms with Crippen molar-refractivity contribution in [3.05, 3.63) is 39.4 Å². The first-order valence-corrected chi connectivity index (χ1v) is 5.30. The van der Waals surface area contributed by atoms with Crippen molar-refractivity contribution >= 4 is 15.9 Å². The molecule has 0 aliphatic rings. The quantitative estimate of drug-likeness (QED) is 0.467. The van der Waals surface area contributed by atoms with Crippen molar-refractivity contribution < 1.29 is 26.0 Å². The molecule has 0 spiro atoms. The maximum absolute atomic E-state index is 13.0. The highest BCUT2D eigenvalue weighted by Gasteiger charge is 2.21. The minimum Gasteiger partial charge on any atom is -0.258 e. The minimum absolute atomic E-state index is 0.204. The first-order valence-electron chi connectivity index (χ1n) is 3.75. The van der Waals surface area contributed by atoms with Gasteiger partial charge < -0.3 is 0 Å². The van der Waals surface area contributed by atoms with Gasteiger partial charge in [-0.25, -0.2) is 4.39 Å². The Labute approximate surface area is 87.9 Å². The molecule has 1 aromatic carbocycles. The van der Waals surface area contributed by atoms with Crippen molar-refractivity contribution in [1.29, 1.82) is 0 Å². The van der Waals surface area contributed by atoms with E-state index in [0.29, 0.717) is 0 Å². The third-order valence-corrected chi connectivity index (χ3v) is 2.30. The first-order chi connectivity index (χ1) is 7.20. The van der Waals surface area contributed by atoms with Gasteiger partial charge in [-0.3, -0.25) is 10.1 Å². The molecule has 0 unspecified atom stereocenters. The lowest BCUT2D eigenvalue weighted by Crippen LogP contribution is -2.02. The molecular weight excluding hydrogens is 251 g/mol. The molecule has 0 saturated heterocycles. The Kier molecular flexibility index (Phi) is 3.17. The van der Waals surface area contributed by atoms with Gasteiger partial charge in [0, 0.05) is 5.56 Å². The Bertz CT molecular complexity index is 543. The summed E-state index contributed by atoms with van der Waals surface area (Å²) in [7, 11) is -5.03. The van der Waals surface area contributed by atoms with Gasteiger partial charge in [0.1, 0.15) is 11.6 Å². The second kappa shape index (κ2) is 4.08. The van der Waals surface area contributed by atoms with Crippen molar-refractivity contribution in [2.45, 2.75) is 5.75 Å². The fourth-order valence-electron chi connectivity index (χ4n) is 1.01. The third kappa shape index (κ3) is 2.92. The number of rotatable bonds is 3. The fourth-order valence-corrected chi connectivity index (χ4v) is 1.61. The fraction of sp³-hybridized carbons (Fsp3) is 0.143. The van der Waals surface area contributed by atoms with Crippen molar-refractivity contribution in [3.63, 3.8) is 0 Å². The van der Waals surface area contributed by atoms with Crippen LogP contribution in [0.5, 0.6) is 0 Å². The van der Waals surface area contributed by atoms with E-state index in [2.05, 4.69) is 0 Å². The van der Waals surface area contributed by atoms with Crippen molar-refractivity contribution in [2.75, 3.05) is 0 Å². The van der Waals surface area contributed by atoms with Crippen LogP contribution in [0.15, 0.2) is 12.1 Å². The number of hydrogen-bond acceptors (Lipinski definition) is 4. The van der Waals surface area contributed by atoms with E-state index in [1.165, 1.54) is 0 Å². The topological polar surface area (TPSA) is 77.3 Å².